The molecule has 0 aliphatic carbocycles. The Hall–Kier alpha value is 0.910. The monoisotopic (exact) mass is 296 g/mol. The third-order valence-electron chi connectivity index (χ3n) is 0.187. The molecule has 0 saturated heterocycles. The average Bonchev–Trinajstić information content (AvgIpc) is 1.36. The minimum Gasteiger partial charge on any atom is -0.480 e. The Balaban J connectivity index is 0. The highest BCUT2D eigenvalue weighted by Crippen LogP contribution is 2.05. The number of rotatable bonds is 1. The molecule has 0 unspecified atom stereocenters. The van der Waals surface area contributed by atoms with E-state index in [-0.39, 0.29) is 17.0 Å². The van der Waals surface area contributed by atoms with E-state index in [1.165, 1.54) is 0 Å². The van der Waals surface area contributed by atoms with Gasteiger partial charge in [0.05, 0.1) is 0 Å². The van der Waals surface area contributed by atoms with Crippen LogP contribution in [0.4, 0.5) is 0 Å². The van der Waals surface area contributed by atoms with Crippen molar-refractivity contribution >= 4 is 54.8 Å². The molecule has 0 aromatic carbocycles. The molecule has 0 saturated carbocycles. The number of halogens is 3. The van der Waals surface area contributed by atoms with Crippen LogP contribution in [0.1, 0.15) is 0 Å². The van der Waals surface area contributed by atoms with E-state index in [0.717, 1.165) is 0 Å². The number of aliphatic carboxylic acids is 1. The molecule has 0 aromatic rings. The standard InChI is InChI=1S/C2H2Br2O2.BrH/c3-1(4)2(5)6;/h1H,(H,5,6);1H. The van der Waals surface area contributed by atoms with Crippen molar-refractivity contribution < 1.29 is 9.90 Å². The molecule has 0 bridgehead atoms. The summed E-state index contributed by atoms with van der Waals surface area (Å²) in [5.74, 6) is -0.907. The smallest absolute Gasteiger partial charge is 0.328 e. The van der Waals surface area contributed by atoms with Crippen LogP contribution in [0.5, 0.6) is 0 Å². The molecule has 0 amide bonds. The Bertz CT molecular complexity index is 62.0. The Labute approximate surface area is 68.3 Å². The molecule has 0 radical (unpaired) electrons. The summed E-state index contributed by atoms with van der Waals surface area (Å²) in [5.41, 5.74) is 0. The van der Waals surface area contributed by atoms with Gasteiger partial charge in [-0.25, -0.2) is 0 Å². The summed E-state index contributed by atoms with van der Waals surface area (Å²) in [6.45, 7) is 0. The summed E-state index contributed by atoms with van der Waals surface area (Å²) in [4.78, 5) is 9.61. The summed E-state index contributed by atoms with van der Waals surface area (Å²) >= 11 is 5.51. The lowest BCUT2D eigenvalue weighted by molar-refractivity contribution is -0.134. The normalized spacial score (nSPS) is 7.86. The Morgan fingerprint density at radius 2 is 1.71 bits per heavy atom. The number of carboxylic acid groups (broad SMARTS) is 1. The zero-order chi connectivity index (χ0) is 5.15. The molecule has 0 aliphatic heterocycles. The SMILES string of the molecule is Br.O=C(O)C(Br)Br. The van der Waals surface area contributed by atoms with Crippen LogP contribution in [-0.4, -0.2) is 14.8 Å². The predicted octanol–water partition coefficient (Wildman–Crippen LogP) is 1.76. The highest BCUT2D eigenvalue weighted by molar-refractivity contribution is 9.25. The lowest BCUT2D eigenvalue weighted by Gasteiger charge is -1.84. The molecule has 2 nitrogen and oxygen atoms in total. The van der Waals surface area contributed by atoms with Crippen molar-refractivity contribution in [3.63, 3.8) is 0 Å². The summed E-state index contributed by atoms with van der Waals surface area (Å²) in [6.07, 6.45) is 0. The van der Waals surface area contributed by atoms with E-state index < -0.39 is 9.71 Å². The number of hydrogen-bond donors (Lipinski definition) is 1. The van der Waals surface area contributed by atoms with Gasteiger partial charge < -0.3 is 5.11 Å². The minimum atomic E-state index is -0.907. The van der Waals surface area contributed by atoms with E-state index in [2.05, 4.69) is 31.9 Å². The highest BCUT2D eigenvalue weighted by atomic mass is 79.9. The third-order valence-corrected chi connectivity index (χ3v) is 0.970. The van der Waals surface area contributed by atoms with Gasteiger partial charge in [0, 0.05) is 0 Å². The number of alkyl halides is 2. The third kappa shape index (κ3) is 6.91. The Kier molecular flexibility index (Phi) is 7.81. The zero-order valence-corrected chi connectivity index (χ0v) is 7.98. The van der Waals surface area contributed by atoms with Gasteiger partial charge in [-0.1, -0.05) is 31.9 Å². The van der Waals surface area contributed by atoms with E-state index in [4.69, 9.17) is 5.11 Å². The van der Waals surface area contributed by atoms with Crippen LogP contribution in [0, 0.1) is 0 Å². The molecule has 44 valence electrons. The molecule has 0 rings (SSSR count). The second-order valence-corrected chi connectivity index (χ2v) is 3.70. The van der Waals surface area contributed by atoms with Gasteiger partial charge in [-0.15, -0.1) is 17.0 Å². The second-order valence-electron chi connectivity index (χ2n) is 0.639. The van der Waals surface area contributed by atoms with Crippen molar-refractivity contribution in [3.8, 4) is 0 Å². The lowest BCUT2D eigenvalue weighted by Crippen LogP contribution is -2.02. The summed E-state index contributed by atoms with van der Waals surface area (Å²) in [6, 6.07) is 0. The van der Waals surface area contributed by atoms with Crippen LogP contribution in [0.15, 0.2) is 0 Å². The van der Waals surface area contributed by atoms with E-state index >= 15 is 0 Å². The van der Waals surface area contributed by atoms with Crippen molar-refractivity contribution in [2.75, 3.05) is 0 Å². The molecular weight excluding hydrogens is 296 g/mol. The largest absolute Gasteiger partial charge is 0.480 e. The zero-order valence-electron chi connectivity index (χ0n) is 3.10. The van der Waals surface area contributed by atoms with Gasteiger partial charge in [0.2, 0.25) is 0 Å². The van der Waals surface area contributed by atoms with Gasteiger partial charge in [0.25, 0.3) is 0 Å². The lowest BCUT2D eigenvalue weighted by atomic mass is 10.8. The minimum absolute atomic E-state index is 0. The first-order valence-electron chi connectivity index (χ1n) is 1.15. The molecular formula is C2H3Br3O2. The fourth-order valence-corrected chi connectivity index (χ4v) is 0. The van der Waals surface area contributed by atoms with E-state index in [1.807, 2.05) is 0 Å². The van der Waals surface area contributed by atoms with Crippen LogP contribution in [0.2, 0.25) is 0 Å². The van der Waals surface area contributed by atoms with E-state index in [1.54, 1.807) is 0 Å². The first-order chi connectivity index (χ1) is 2.64. The van der Waals surface area contributed by atoms with E-state index in [0.29, 0.717) is 0 Å². The molecule has 0 heterocycles. The molecule has 0 aromatic heterocycles. The first-order valence-corrected chi connectivity index (χ1v) is 2.98. The molecule has 0 fully saturated rings. The van der Waals surface area contributed by atoms with Crippen LogP contribution in [-0.2, 0) is 4.79 Å². The molecule has 5 heteroatoms. The summed E-state index contributed by atoms with van der Waals surface area (Å²) in [7, 11) is 0. The van der Waals surface area contributed by atoms with Gasteiger partial charge in [-0.05, 0) is 0 Å². The average molecular weight is 299 g/mol. The topological polar surface area (TPSA) is 37.3 Å². The van der Waals surface area contributed by atoms with Crippen molar-refractivity contribution in [2.24, 2.45) is 0 Å². The maximum absolute atomic E-state index is 9.61. The second kappa shape index (κ2) is 5.05. The first kappa shape index (κ1) is 10.8. The van der Waals surface area contributed by atoms with Crippen molar-refractivity contribution in [3.05, 3.63) is 0 Å². The van der Waals surface area contributed by atoms with Crippen LogP contribution in [0.3, 0.4) is 0 Å². The fourth-order valence-electron chi connectivity index (χ4n) is 0. The molecule has 0 atom stereocenters. The van der Waals surface area contributed by atoms with Crippen molar-refractivity contribution in [1.82, 2.24) is 0 Å². The van der Waals surface area contributed by atoms with Crippen molar-refractivity contribution in [2.45, 2.75) is 3.74 Å². The Morgan fingerprint density at radius 3 is 1.71 bits per heavy atom. The maximum atomic E-state index is 9.61. The van der Waals surface area contributed by atoms with Gasteiger partial charge in [-0.2, -0.15) is 0 Å². The fraction of sp³-hybridized carbons (Fsp3) is 0.500. The highest BCUT2D eigenvalue weighted by Gasteiger charge is 2.04. The van der Waals surface area contributed by atoms with Gasteiger partial charge in [0.15, 0.2) is 3.74 Å². The predicted molar refractivity (Wildman–Crippen MR) is 39.6 cm³/mol. The van der Waals surface area contributed by atoms with Gasteiger partial charge in [0.1, 0.15) is 0 Å². The quantitative estimate of drug-likeness (QED) is 0.749. The maximum Gasteiger partial charge on any atom is 0.328 e. The number of carbonyl (C=O) groups is 1. The Morgan fingerprint density at radius 1 is 1.57 bits per heavy atom. The van der Waals surface area contributed by atoms with E-state index in [9.17, 15) is 4.79 Å². The van der Waals surface area contributed by atoms with Gasteiger partial charge in [-0.3, -0.25) is 4.79 Å². The summed E-state index contributed by atoms with van der Waals surface area (Å²) < 4.78 is -0.606. The summed E-state index contributed by atoms with van der Waals surface area (Å²) in [5, 5.41) is 7.90. The molecule has 0 aliphatic rings. The van der Waals surface area contributed by atoms with Crippen molar-refractivity contribution in [1.29, 1.82) is 0 Å². The molecule has 0 spiro atoms. The van der Waals surface area contributed by atoms with Crippen LogP contribution < -0.4 is 0 Å². The van der Waals surface area contributed by atoms with Crippen LogP contribution >= 0.6 is 48.8 Å². The molecule has 1 N–H and O–H groups in total. The number of carboxylic acids is 1. The molecule has 7 heavy (non-hydrogen) atoms. The van der Waals surface area contributed by atoms with Crippen LogP contribution in [0.25, 0.3) is 0 Å². The van der Waals surface area contributed by atoms with Gasteiger partial charge >= 0.3 is 5.97 Å². The number of hydrogen-bond acceptors (Lipinski definition) is 1.